The number of rotatable bonds is 4. The second-order valence-corrected chi connectivity index (χ2v) is 7.99. The highest BCUT2D eigenvalue weighted by Crippen LogP contribution is 2.26. The summed E-state index contributed by atoms with van der Waals surface area (Å²) in [5, 5.41) is 6.36. The zero-order valence-electron chi connectivity index (χ0n) is 15.5. The van der Waals surface area contributed by atoms with Crippen LogP contribution in [0.5, 0.6) is 0 Å². The van der Waals surface area contributed by atoms with Gasteiger partial charge >= 0.3 is 0 Å². The Balaban J connectivity index is 1.35. The number of amides is 1. The zero-order valence-corrected chi connectivity index (χ0v) is 16.3. The summed E-state index contributed by atoms with van der Waals surface area (Å²) in [5.41, 5.74) is 2.39. The van der Waals surface area contributed by atoms with Gasteiger partial charge in [-0.05, 0) is 50.6 Å². The highest BCUT2D eigenvalue weighted by Gasteiger charge is 2.26. The first-order valence-corrected chi connectivity index (χ1v) is 10.3. The predicted molar refractivity (Wildman–Crippen MR) is 107 cm³/mol. The van der Waals surface area contributed by atoms with Gasteiger partial charge in [0.05, 0.1) is 6.04 Å². The van der Waals surface area contributed by atoms with E-state index < -0.39 is 0 Å². The Hall–Kier alpha value is -2.25. The number of aromatic nitrogens is 1. The SMILES string of the molecule is CC(=O)c1ccc(N2CCN(C(=O)c3csc(C4CCCN4)n3)CC2)cc1. The third kappa shape index (κ3) is 3.89. The number of piperazine rings is 1. The fourth-order valence-electron chi connectivity index (χ4n) is 3.68. The van der Waals surface area contributed by atoms with Crippen LogP contribution in [-0.2, 0) is 0 Å². The van der Waals surface area contributed by atoms with Gasteiger partial charge < -0.3 is 15.1 Å². The van der Waals surface area contributed by atoms with Crippen molar-refractivity contribution in [3.05, 3.63) is 45.9 Å². The highest BCUT2D eigenvalue weighted by molar-refractivity contribution is 7.09. The number of nitrogens with zero attached hydrogens (tertiary/aromatic N) is 3. The van der Waals surface area contributed by atoms with E-state index in [9.17, 15) is 9.59 Å². The molecule has 2 aliphatic rings. The van der Waals surface area contributed by atoms with Crippen LogP contribution in [0.15, 0.2) is 29.6 Å². The van der Waals surface area contributed by atoms with Crippen LogP contribution in [0.2, 0.25) is 0 Å². The average molecular weight is 385 g/mol. The Bertz CT molecular complexity index is 819. The van der Waals surface area contributed by atoms with Gasteiger partial charge in [-0.15, -0.1) is 11.3 Å². The van der Waals surface area contributed by atoms with Crippen molar-refractivity contribution in [3.8, 4) is 0 Å². The molecule has 0 saturated carbocycles. The molecule has 0 spiro atoms. The van der Waals surface area contributed by atoms with E-state index in [1.807, 2.05) is 34.5 Å². The zero-order chi connectivity index (χ0) is 18.8. The Morgan fingerprint density at radius 2 is 1.89 bits per heavy atom. The Morgan fingerprint density at radius 1 is 1.15 bits per heavy atom. The van der Waals surface area contributed by atoms with Crippen LogP contribution in [0.1, 0.15) is 51.7 Å². The maximum Gasteiger partial charge on any atom is 0.273 e. The topological polar surface area (TPSA) is 65.5 Å². The van der Waals surface area contributed by atoms with Crippen molar-refractivity contribution >= 4 is 28.7 Å². The number of nitrogens with one attached hydrogen (secondary N) is 1. The largest absolute Gasteiger partial charge is 0.368 e. The van der Waals surface area contributed by atoms with Gasteiger partial charge in [0, 0.05) is 42.8 Å². The lowest BCUT2D eigenvalue weighted by atomic mass is 10.1. The van der Waals surface area contributed by atoms with Crippen molar-refractivity contribution in [2.45, 2.75) is 25.8 Å². The second kappa shape index (κ2) is 7.78. The third-order valence-electron chi connectivity index (χ3n) is 5.31. The number of carbonyl (C=O) groups excluding carboxylic acids is 2. The van der Waals surface area contributed by atoms with Crippen LogP contribution in [0.3, 0.4) is 0 Å². The summed E-state index contributed by atoms with van der Waals surface area (Å²) < 4.78 is 0. The molecule has 1 atom stereocenters. The van der Waals surface area contributed by atoms with Gasteiger partial charge in [0.2, 0.25) is 0 Å². The van der Waals surface area contributed by atoms with Crippen LogP contribution in [0, 0.1) is 0 Å². The number of anilines is 1. The van der Waals surface area contributed by atoms with Crippen molar-refractivity contribution in [2.24, 2.45) is 0 Å². The Kier molecular flexibility index (Phi) is 5.22. The number of benzene rings is 1. The number of hydrogen-bond donors (Lipinski definition) is 1. The van der Waals surface area contributed by atoms with Crippen molar-refractivity contribution in [3.63, 3.8) is 0 Å². The molecule has 6 nitrogen and oxygen atoms in total. The smallest absolute Gasteiger partial charge is 0.273 e. The molecule has 1 aromatic heterocycles. The Labute approximate surface area is 163 Å². The Morgan fingerprint density at radius 3 is 2.52 bits per heavy atom. The van der Waals surface area contributed by atoms with Crippen LogP contribution in [0.25, 0.3) is 0 Å². The maximum absolute atomic E-state index is 12.8. The van der Waals surface area contributed by atoms with E-state index in [0.29, 0.717) is 24.8 Å². The van der Waals surface area contributed by atoms with Crippen LogP contribution >= 0.6 is 11.3 Å². The standard InChI is InChI=1S/C20H24N4O2S/c1-14(25)15-4-6-16(7-5-15)23-9-11-24(12-10-23)20(26)18-13-27-19(22-18)17-3-2-8-21-17/h4-7,13,17,21H,2-3,8-12H2,1H3. The normalized spacial score (nSPS) is 20.1. The van der Waals surface area contributed by atoms with E-state index in [-0.39, 0.29) is 11.7 Å². The van der Waals surface area contributed by atoms with Gasteiger partial charge in [-0.25, -0.2) is 4.98 Å². The summed E-state index contributed by atoms with van der Waals surface area (Å²) in [7, 11) is 0. The molecule has 4 rings (SSSR count). The molecule has 1 amide bonds. The number of carbonyl (C=O) groups is 2. The van der Waals surface area contributed by atoms with Crippen LogP contribution < -0.4 is 10.2 Å². The first-order chi connectivity index (χ1) is 13.1. The van der Waals surface area contributed by atoms with Crippen molar-refractivity contribution in [1.29, 1.82) is 0 Å². The van der Waals surface area contributed by atoms with Gasteiger partial charge in [0.25, 0.3) is 5.91 Å². The van der Waals surface area contributed by atoms with Crippen molar-refractivity contribution < 1.29 is 9.59 Å². The van der Waals surface area contributed by atoms with E-state index in [0.717, 1.165) is 42.3 Å². The minimum absolute atomic E-state index is 0.0297. The number of hydrogen-bond acceptors (Lipinski definition) is 6. The average Bonchev–Trinajstić information content (AvgIpc) is 3.39. The molecule has 2 saturated heterocycles. The van der Waals surface area contributed by atoms with Gasteiger partial charge in [0.15, 0.2) is 5.78 Å². The summed E-state index contributed by atoms with van der Waals surface area (Å²) >= 11 is 1.58. The number of ketones is 1. The van der Waals surface area contributed by atoms with Crippen LogP contribution in [-0.4, -0.2) is 54.3 Å². The first-order valence-electron chi connectivity index (χ1n) is 9.46. The molecule has 0 bridgehead atoms. The third-order valence-corrected chi connectivity index (χ3v) is 6.26. The van der Waals surface area contributed by atoms with Gasteiger partial charge in [-0.2, -0.15) is 0 Å². The molecular weight excluding hydrogens is 360 g/mol. The molecule has 1 aromatic carbocycles. The molecule has 2 aromatic rings. The lowest BCUT2D eigenvalue weighted by Gasteiger charge is -2.35. The molecule has 0 aliphatic carbocycles. The molecule has 142 valence electrons. The molecule has 0 radical (unpaired) electrons. The van der Waals surface area contributed by atoms with Gasteiger partial charge in [0.1, 0.15) is 10.7 Å². The summed E-state index contributed by atoms with van der Waals surface area (Å²) in [6, 6.07) is 8.00. The second-order valence-electron chi connectivity index (χ2n) is 7.10. The summed E-state index contributed by atoms with van der Waals surface area (Å²) in [4.78, 5) is 32.9. The highest BCUT2D eigenvalue weighted by atomic mass is 32.1. The molecular formula is C20H24N4O2S. The van der Waals surface area contributed by atoms with E-state index in [1.165, 1.54) is 6.42 Å². The molecule has 7 heteroatoms. The number of thiazole rings is 1. The summed E-state index contributed by atoms with van der Waals surface area (Å²) in [6.07, 6.45) is 2.27. The fraction of sp³-hybridized carbons (Fsp3) is 0.450. The van der Waals surface area contributed by atoms with E-state index in [2.05, 4.69) is 15.2 Å². The predicted octanol–water partition coefficient (Wildman–Crippen LogP) is 2.73. The summed E-state index contributed by atoms with van der Waals surface area (Å²) in [5.74, 6) is 0.106. The van der Waals surface area contributed by atoms with Crippen molar-refractivity contribution in [2.75, 3.05) is 37.6 Å². The van der Waals surface area contributed by atoms with E-state index in [1.54, 1.807) is 18.3 Å². The van der Waals surface area contributed by atoms with Gasteiger partial charge in [-0.1, -0.05) is 0 Å². The van der Waals surface area contributed by atoms with E-state index >= 15 is 0 Å². The molecule has 1 N–H and O–H groups in total. The summed E-state index contributed by atoms with van der Waals surface area (Å²) in [6.45, 7) is 5.54. The molecule has 3 heterocycles. The first kappa shape index (κ1) is 18.1. The van der Waals surface area contributed by atoms with Crippen LogP contribution in [0.4, 0.5) is 5.69 Å². The fourth-order valence-corrected chi connectivity index (χ4v) is 4.58. The lowest BCUT2D eigenvalue weighted by Crippen LogP contribution is -2.48. The number of Topliss-reactive ketones (excluding diaryl/α,β-unsaturated/α-hetero) is 1. The van der Waals surface area contributed by atoms with Crippen molar-refractivity contribution in [1.82, 2.24) is 15.2 Å². The molecule has 2 fully saturated rings. The van der Waals surface area contributed by atoms with E-state index in [4.69, 9.17) is 0 Å². The minimum atomic E-state index is 0.0297. The molecule has 2 aliphatic heterocycles. The maximum atomic E-state index is 12.8. The quantitative estimate of drug-likeness (QED) is 0.821. The lowest BCUT2D eigenvalue weighted by molar-refractivity contribution is 0.0741. The molecule has 27 heavy (non-hydrogen) atoms. The monoisotopic (exact) mass is 384 g/mol. The van der Waals surface area contributed by atoms with Gasteiger partial charge in [-0.3, -0.25) is 9.59 Å². The minimum Gasteiger partial charge on any atom is -0.368 e. The molecule has 1 unspecified atom stereocenters.